The average molecular weight is 444 g/mol. The summed E-state index contributed by atoms with van der Waals surface area (Å²) in [7, 11) is 0. The van der Waals surface area contributed by atoms with Gasteiger partial charge in [0.1, 0.15) is 5.76 Å². The van der Waals surface area contributed by atoms with Crippen molar-refractivity contribution in [1.29, 1.82) is 0 Å². The zero-order valence-electron chi connectivity index (χ0n) is 18.6. The van der Waals surface area contributed by atoms with Gasteiger partial charge >= 0.3 is 0 Å². The van der Waals surface area contributed by atoms with Crippen LogP contribution >= 0.6 is 11.6 Å². The Bertz CT molecular complexity index is 1120. The highest BCUT2D eigenvalue weighted by Crippen LogP contribution is 2.28. The average Bonchev–Trinajstić information content (AvgIpc) is 2.80. The second kappa shape index (κ2) is 10.2. The Morgan fingerprint density at radius 2 is 1.81 bits per heavy atom. The second-order valence-corrected chi connectivity index (χ2v) is 8.96. The Kier molecular flexibility index (Phi) is 7.14. The molecule has 0 spiro atoms. The lowest BCUT2D eigenvalue weighted by Gasteiger charge is -2.35. The van der Waals surface area contributed by atoms with Gasteiger partial charge in [0.15, 0.2) is 0 Å². The summed E-state index contributed by atoms with van der Waals surface area (Å²) in [5.41, 5.74) is 7.07. The van der Waals surface area contributed by atoms with Crippen LogP contribution in [0.25, 0.3) is 23.3 Å². The summed E-state index contributed by atoms with van der Waals surface area (Å²) in [6.45, 7) is 7.67. The Morgan fingerprint density at radius 1 is 1.03 bits per heavy atom. The molecular weight excluding hydrogens is 414 g/mol. The Labute approximate surface area is 196 Å². The first kappa shape index (κ1) is 22.4. The van der Waals surface area contributed by atoms with Crippen molar-refractivity contribution in [2.45, 2.75) is 38.8 Å². The minimum Gasteiger partial charge on any atom is -0.511 e. The first-order valence-electron chi connectivity index (χ1n) is 11.3. The Morgan fingerprint density at radius 3 is 2.56 bits per heavy atom. The van der Waals surface area contributed by atoms with E-state index in [1.165, 1.54) is 22.3 Å². The third kappa shape index (κ3) is 5.15. The number of rotatable bonds is 6. The third-order valence-electron chi connectivity index (χ3n) is 6.35. The molecule has 0 aromatic heterocycles. The van der Waals surface area contributed by atoms with E-state index in [0.717, 1.165) is 48.5 Å². The van der Waals surface area contributed by atoms with Gasteiger partial charge in [-0.3, -0.25) is 4.90 Å². The smallest absolute Gasteiger partial charge is 0.102 e. The predicted molar refractivity (Wildman–Crippen MR) is 137 cm³/mol. The van der Waals surface area contributed by atoms with E-state index in [-0.39, 0.29) is 11.8 Å². The van der Waals surface area contributed by atoms with E-state index in [4.69, 9.17) is 11.6 Å². The number of likely N-dealkylation sites (tertiary alicyclic amines) is 1. The molecule has 32 heavy (non-hydrogen) atoms. The number of aliphatic hydroxyl groups is 1. The number of piperidine rings is 1. The van der Waals surface area contributed by atoms with Gasteiger partial charge in [0.05, 0.1) is 6.04 Å². The van der Waals surface area contributed by atoms with Crippen molar-refractivity contribution in [2.24, 2.45) is 0 Å². The Hall–Kier alpha value is -2.81. The maximum atomic E-state index is 9.95. The molecule has 1 N–H and O–H groups in total. The third-order valence-corrected chi connectivity index (χ3v) is 6.68. The first-order chi connectivity index (χ1) is 15.5. The summed E-state index contributed by atoms with van der Waals surface area (Å²) < 4.78 is 0. The highest BCUT2D eigenvalue weighted by Gasteiger charge is 2.24. The minimum atomic E-state index is 0.0435. The number of hydrogen-bond donors (Lipinski definition) is 1. The van der Waals surface area contributed by atoms with E-state index in [0.29, 0.717) is 0 Å². The molecule has 0 unspecified atom stereocenters. The summed E-state index contributed by atoms with van der Waals surface area (Å²) in [5, 5.41) is 10.7. The quantitative estimate of drug-likeness (QED) is 0.309. The zero-order chi connectivity index (χ0) is 22.5. The number of aliphatic hydroxyl groups excluding tert-OH is 1. The van der Waals surface area contributed by atoms with Crippen LogP contribution in [-0.2, 0) is 6.54 Å². The van der Waals surface area contributed by atoms with E-state index in [9.17, 15) is 5.11 Å². The zero-order valence-corrected chi connectivity index (χ0v) is 19.4. The van der Waals surface area contributed by atoms with Crippen molar-refractivity contribution in [1.82, 2.24) is 4.90 Å². The first-order valence-corrected chi connectivity index (χ1v) is 11.6. The van der Waals surface area contributed by atoms with Crippen molar-refractivity contribution in [3.63, 3.8) is 0 Å². The van der Waals surface area contributed by atoms with Crippen LogP contribution in [0.15, 0.2) is 79.1 Å². The topological polar surface area (TPSA) is 23.5 Å². The fraction of sp³-hybridized carbons (Fsp3) is 0.241. The van der Waals surface area contributed by atoms with Gasteiger partial charge in [-0.1, -0.05) is 97.4 Å². The highest BCUT2D eigenvalue weighted by atomic mass is 35.5. The van der Waals surface area contributed by atoms with Crippen LogP contribution < -0.4 is 0 Å². The van der Waals surface area contributed by atoms with E-state index in [2.05, 4.69) is 85.2 Å². The molecule has 164 valence electrons. The fourth-order valence-corrected chi connectivity index (χ4v) is 4.81. The van der Waals surface area contributed by atoms with E-state index in [1.54, 1.807) is 0 Å². The van der Waals surface area contributed by atoms with Crippen molar-refractivity contribution in [2.75, 3.05) is 6.54 Å². The fourth-order valence-electron chi connectivity index (χ4n) is 4.54. The molecule has 3 heteroatoms. The summed E-state index contributed by atoms with van der Waals surface area (Å²) in [6.07, 6.45) is 7.47. The molecular formula is C29H30ClNO. The molecule has 2 nitrogen and oxygen atoms in total. The van der Waals surface area contributed by atoms with Crippen LogP contribution in [0, 0.1) is 6.92 Å². The molecule has 0 amide bonds. The van der Waals surface area contributed by atoms with Crippen molar-refractivity contribution in [3.05, 3.63) is 106 Å². The van der Waals surface area contributed by atoms with Gasteiger partial charge in [0.2, 0.25) is 0 Å². The Balaban J connectivity index is 1.51. The summed E-state index contributed by atoms with van der Waals surface area (Å²) in [6, 6.07) is 23.2. The van der Waals surface area contributed by atoms with Crippen LogP contribution in [-0.4, -0.2) is 22.6 Å². The maximum Gasteiger partial charge on any atom is 0.102 e. The monoisotopic (exact) mass is 443 g/mol. The van der Waals surface area contributed by atoms with Crippen molar-refractivity contribution in [3.8, 4) is 11.1 Å². The van der Waals surface area contributed by atoms with Crippen LogP contribution in [0.4, 0.5) is 0 Å². The maximum absolute atomic E-state index is 9.95. The predicted octanol–water partition coefficient (Wildman–Crippen LogP) is 7.91. The lowest BCUT2D eigenvalue weighted by atomic mass is 9.96. The van der Waals surface area contributed by atoms with Gasteiger partial charge in [0.25, 0.3) is 0 Å². The summed E-state index contributed by atoms with van der Waals surface area (Å²) >= 11 is 6.64. The van der Waals surface area contributed by atoms with Gasteiger partial charge in [-0.15, -0.1) is 0 Å². The molecule has 0 bridgehead atoms. The van der Waals surface area contributed by atoms with Crippen LogP contribution in [0.3, 0.4) is 0 Å². The van der Waals surface area contributed by atoms with Gasteiger partial charge in [-0.25, -0.2) is 0 Å². The van der Waals surface area contributed by atoms with E-state index in [1.807, 2.05) is 12.1 Å². The molecule has 1 aliphatic rings. The molecule has 3 aromatic carbocycles. The van der Waals surface area contributed by atoms with Gasteiger partial charge < -0.3 is 5.11 Å². The van der Waals surface area contributed by atoms with Crippen LogP contribution in [0.1, 0.15) is 41.5 Å². The number of halogens is 1. The van der Waals surface area contributed by atoms with Gasteiger partial charge in [-0.2, -0.15) is 0 Å². The van der Waals surface area contributed by atoms with Crippen LogP contribution in [0.2, 0.25) is 5.02 Å². The second-order valence-electron chi connectivity index (χ2n) is 8.55. The minimum absolute atomic E-state index is 0.0435. The van der Waals surface area contributed by atoms with Crippen molar-refractivity contribution >= 4 is 23.8 Å². The van der Waals surface area contributed by atoms with Gasteiger partial charge in [0, 0.05) is 11.6 Å². The molecule has 4 rings (SSSR count). The number of benzene rings is 3. The molecule has 1 saturated heterocycles. The highest BCUT2D eigenvalue weighted by molar-refractivity contribution is 6.32. The SMILES string of the molecule is C=C(O)[C@@H]1CCCCN1Cc1ccc(/C=C/c2cccc(-c3ccccc3)c2C)c(Cl)c1. The number of hydrogen-bond acceptors (Lipinski definition) is 2. The molecule has 0 radical (unpaired) electrons. The molecule has 1 heterocycles. The van der Waals surface area contributed by atoms with Crippen LogP contribution in [0.5, 0.6) is 0 Å². The van der Waals surface area contributed by atoms with E-state index >= 15 is 0 Å². The molecule has 1 aliphatic heterocycles. The molecule has 1 fully saturated rings. The lowest BCUT2D eigenvalue weighted by Crippen LogP contribution is -2.39. The molecule has 0 saturated carbocycles. The summed E-state index contributed by atoms with van der Waals surface area (Å²) in [4.78, 5) is 2.30. The van der Waals surface area contributed by atoms with E-state index < -0.39 is 0 Å². The molecule has 1 atom stereocenters. The largest absolute Gasteiger partial charge is 0.511 e. The number of nitrogens with zero attached hydrogens (tertiary/aromatic N) is 1. The molecule has 0 aliphatic carbocycles. The van der Waals surface area contributed by atoms with Gasteiger partial charge in [-0.05, 0) is 65.8 Å². The normalized spacial score (nSPS) is 17.0. The molecule has 3 aromatic rings. The summed E-state index contributed by atoms with van der Waals surface area (Å²) in [5.74, 6) is 0.267. The lowest BCUT2D eigenvalue weighted by molar-refractivity contribution is 0.128. The standard InChI is InChI=1S/C29H30ClNO/c1-21-24(11-8-12-27(21)25-9-4-3-5-10-25)16-17-26-15-14-23(19-28(26)30)20-31-18-7-6-13-29(31)22(2)32/h3-5,8-12,14-17,19,29,32H,2,6-7,13,18,20H2,1H3/b17-16+/t29-/m0/s1. The van der Waals surface area contributed by atoms with Crippen molar-refractivity contribution < 1.29 is 5.11 Å².